The summed E-state index contributed by atoms with van der Waals surface area (Å²) in [5.74, 6) is -1.45. The molecule has 146 valence electrons. The molecule has 0 bridgehead atoms. The van der Waals surface area contributed by atoms with E-state index < -0.39 is 18.5 Å². The molecule has 0 fully saturated rings. The molecular weight excluding hydrogens is 366 g/mol. The highest BCUT2D eigenvalue weighted by Crippen LogP contribution is 2.17. The molecule has 0 aliphatic rings. The molecule has 3 aromatic rings. The van der Waals surface area contributed by atoms with Gasteiger partial charge in [-0.1, -0.05) is 60.2 Å². The van der Waals surface area contributed by atoms with E-state index in [1.165, 1.54) is 6.07 Å². The average Bonchev–Trinajstić information content (AvgIpc) is 2.72. The van der Waals surface area contributed by atoms with Crippen molar-refractivity contribution in [2.24, 2.45) is 0 Å². The number of esters is 1. The van der Waals surface area contributed by atoms with E-state index >= 15 is 0 Å². The van der Waals surface area contributed by atoms with Crippen LogP contribution in [0.2, 0.25) is 0 Å². The molecule has 0 radical (unpaired) electrons. The quantitative estimate of drug-likeness (QED) is 0.505. The second-order valence-electron chi connectivity index (χ2n) is 6.73. The van der Waals surface area contributed by atoms with Crippen molar-refractivity contribution in [1.82, 2.24) is 0 Å². The number of nitrogens with one attached hydrogen (secondary N) is 1. The maximum absolute atomic E-state index is 12.8. The van der Waals surface area contributed by atoms with Gasteiger partial charge in [0.15, 0.2) is 12.4 Å². The zero-order valence-electron chi connectivity index (χ0n) is 16.3. The van der Waals surface area contributed by atoms with Crippen LogP contribution in [-0.4, -0.2) is 24.3 Å². The lowest BCUT2D eigenvalue weighted by Crippen LogP contribution is -2.22. The third-order valence-corrected chi connectivity index (χ3v) is 4.34. The fourth-order valence-corrected chi connectivity index (χ4v) is 2.85. The van der Waals surface area contributed by atoms with E-state index in [9.17, 15) is 14.4 Å². The third-order valence-electron chi connectivity index (χ3n) is 4.34. The van der Waals surface area contributed by atoms with Gasteiger partial charge in [0.05, 0.1) is 5.56 Å². The Morgan fingerprint density at radius 1 is 0.793 bits per heavy atom. The molecule has 0 heterocycles. The number of carbonyl (C=O) groups excluding carboxylic acids is 3. The van der Waals surface area contributed by atoms with Crippen molar-refractivity contribution in [1.29, 1.82) is 0 Å². The highest BCUT2D eigenvalue weighted by atomic mass is 16.5. The van der Waals surface area contributed by atoms with Gasteiger partial charge in [0.25, 0.3) is 5.91 Å². The summed E-state index contributed by atoms with van der Waals surface area (Å²) in [6, 6.07) is 20.8. The number of benzene rings is 3. The predicted molar refractivity (Wildman–Crippen MR) is 111 cm³/mol. The summed E-state index contributed by atoms with van der Waals surface area (Å²) in [5.41, 5.74) is 3.51. The third kappa shape index (κ3) is 5.17. The number of rotatable bonds is 6. The first-order chi connectivity index (χ1) is 13.9. The Labute approximate surface area is 169 Å². The molecular formula is C24H21NO4. The molecule has 3 rings (SSSR count). The lowest BCUT2D eigenvalue weighted by Gasteiger charge is -2.10. The minimum atomic E-state index is -0.722. The largest absolute Gasteiger partial charge is 0.452 e. The number of anilines is 1. The Morgan fingerprint density at radius 2 is 1.48 bits per heavy atom. The molecule has 0 saturated carbocycles. The monoisotopic (exact) mass is 387 g/mol. The predicted octanol–water partition coefficient (Wildman–Crippen LogP) is 4.33. The van der Waals surface area contributed by atoms with Crippen molar-refractivity contribution in [2.75, 3.05) is 11.9 Å². The van der Waals surface area contributed by atoms with Gasteiger partial charge in [-0.05, 0) is 37.6 Å². The number of hydrogen-bond donors (Lipinski definition) is 1. The van der Waals surface area contributed by atoms with E-state index in [-0.39, 0.29) is 16.9 Å². The molecule has 0 aromatic heterocycles. The molecule has 5 heteroatoms. The fraction of sp³-hybridized carbons (Fsp3) is 0.125. The Balaban J connectivity index is 1.69. The van der Waals surface area contributed by atoms with Crippen molar-refractivity contribution in [3.8, 4) is 0 Å². The first kappa shape index (κ1) is 20.0. The van der Waals surface area contributed by atoms with Crippen LogP contribution in [0.1, 0.15) is 37.4 Å². The maximum Gasteiger partial charge on any atom is 0.339 e. The van der Waals surface area contributed by atoms with Crippen LogP contribution in [0.4, 0.5) is 5.69 Å². The zero-order valence-corrected chi connectivity index (χ0v) is 16.3. The van der Waals surface area contributed by atoms with E-state index in [0.29, 0.717) is 11.3 Å². The van der Waals surface area contributed by atoms with Crippen LogP contribution in [0, 0.1) is 13.8 Å². The molecule has 0 unspecified atom stereocenters. The van der Waals surface area contributed by atoms with Gasteiger partial charge in [-0.2, -0.15) is 0 Å². The molecule has 0 aliphatic carbocycles. The molecule has 0 aliphatic heterocycles. The summed E-state index contributed by atoms with van der Waals surface area (Å²) < 4.78 is 5.13. The Kier molecular flexibility index (Phi) is 6.19. The minimum absolute atomic E-state index is 0.126. The average molecular weight is 387 g/mol. The van der Waals surface area contributed by atoms with Crippen LogP contribution in [0.5, 0.6) is 0 Å². The second kappa shape index (κ2) is 8.97. The lowest BCUT2D eigenvalue weighted by atomic mass is 9.98. The van der Waals surface area contributed by atoms with Gasteiger partial charge in [-0.15, -0.1) is 0 Å². The summed E-state index contributed by atoms with van der Waals surface area (Å²) in [6.07, 6.45) is 0. The van der Waals surface area contributed by atoms with Crippen molar-refractivity contribution in [2.45, 2.75) is 13.8 Å². The summed E-state index contributed by atoms with van der Waals surface area (Å²) in [5, 5.41) is 2.67. The van der Waals surface area contributed by atoms with Crippen molar-refractivity contribution >= 4 is 23.3 Å². The second-order valence-corrected chi connectivity index (χ2v) is 6.73. The van der Waals surface area contributed by atoms with Gasteiger partial charge in [0.1, 0.15) is 0 Å². The van der Waals surface area contributed by atoms with Crippen molar-refractivity contribution in [3.63, 3.8) is 0 Å². The van der Waals surface area contributed by atoms with Crippen LogP contribution in [-0.2, 0) is 9.53 Å². The number of aryl methyl sites for hydroxylation is 2. The van der Waals surface area contributed by atoms with E-state index in [1.807, 2.05) is 44.2 Å². The minimum Gasteiger partial charge on any atom is -0.452 e. The van der Waals surface area contributed by atoms with Crippen molar-refractivity contribution < 1.29 is 19.1 Å². The number of ether oxygens (including phenoxy) is 1. The van der Waals surface area contributed by atoms with Gasteiger partial charge >= 0.3 is 5.97 Å². The SMILES string of the molecule is Cc1ccc(C(=O)c2ccccc2C(=O)OCC(=O)Nc2cccc(C)c2)cc1. The summed E-state index contributed by atoms with van der Waals surface area (Å²) in [4.78, 5) is 37.4. The molecule has 1 N–H and O–H groups in total. The highest BCUT2D eigenvalue weighted by molar-refractivity contribution is 6.14. The van der Waals surface area contributed by atoms with Gasteiger partial charge in [0.2, 0.25) is 0 Å². The summed E-state index contributed by atoms with van der Waals surface area (Å²) >= 11 is 0. The maximum atomic E-state index is 12.8. The molecule has 5 nitrogen and oxygen atoms in total. The van der Waals surface area contributed by atoms with Crippen LogP contribution in [0.15, 0.2) is 72.8 Å². The summed E-state index contributed by atoms with van der Waals surface area (Å²) in [7, 11) is 0. The van der Waals surface area contributed by atoms with Crippen LogP contribution in [0.25, 0.3) is 0 Å². The highest BCUT2D eigenvalue weighted by Gasteiger charge is 2.19. The summed E-state index contributed by atoms with van der Waals surface area (Å²) in [6.45, 7) is 3.40. The van der Waals surface area contributed by atoms with Gasteiger partial charge in [0, 0.05) is 16.8 Å². The number of amides is 1. The molecule has 0 spiro atoms. The first-order valence-corrected chi connectivity index (χ1v) is 9.18. The van der Waals surface area contributed by atoms with Crippen LogP contribution in [0.3, 0.4) is 0 Å². The molecule has 0 atom stereocenters. The fourth-order valence-electron chi connectivity index (χ4n) is 2.85. The Morgan fingerprint density at radius 3 is 2.17 bits per heavy atom. The van der Waals surface area contributed by atoms with Gasteiger partial charge < -0.3 is 10.1 Å². The smallest absolute Gasteiger partial charge is 0.339 e. The van der Waals surface area contributed by atoms with E-state index in [1.54, 1.807) is 36.4 Å². The van der Waals surface area contributed by atoms with Gasteiger partial charge in [-0.25, -0.2) is 4.79 Å². The zero-order chi connectivity index (χ0) is 20.8. The lowest BCUT2D eigenvalue weighted by molar-refractivity contribution is -0.119. The topological polar surface area (TPSA) is 72.5 Å². The van der Waals surface area contributed by atoms with E-state index in [2.05, 4.69) is 5.32 Å². The number of hydrogen-bond acceptors (Lipinski definition) is 4. The number of ketones is 1. The van der Waals surface area contributed by atoms with E-state index in [4.69, 9.17) is 4.74 Å². The van der Waals surface area contributed by atoms with Crippen LogP contribution < -0.4 is 5.32 Å². The number of carbonyl (C=O) groups is 3. The molecule has 0 saturated heterocycles. The molecule has 3 aromatic carbocycles. The normalized spacial score (nSPS) is 10.3. The molecule has 29 heavy (non-hydrogen) atoms. The first-order valence-electron chi connectivity index (χ1n) is 9.18. The van der Waals surface area contributed by atoms with E-state index in [0.717, 1.165) is 11.1 Å². The molecule has 1 amide bonds. The Hall–Kier alpha value is -3.73. The van der Waals surface area contributed by atoms with Crippen molar-refractivity contribution in [3.05, 3.63) is 101 Å². The van der Waals surface area contributed by atoms with Gasteiger partial charge in [-0.3, -0.25) is 9.59 Å². The standard InChI is InChI=1S/C24H21NO4/c1-16-10-12-18(13-11-16)23(27)20-8-3-4-9-21(20)24(28)29-15-22(26)25-19-7-5-6-17(2)14-19/h3-14H,15H2,1-2H3,(H,25,26). The Bertz CT molecular complexity index is 1050. The van der Waals surface area contributed by atoms with Crippen LogP contribution >= 0.6 is 0 Å².